The summed E-state index contributed by atoms with van der Waals surface area (Å²) >= 11 is 0. The normalized spacial score (nSPS) is 12.5. The zero-order valence-corrected chi connectivity index (χ0v) is 7.29. The van der Waals surface area contributed by atoms with E-state index in [1.54, 1.807) is 0 Å². The molecule has 0 rings (SSSR count). The van der Waals surface area contributed by atoms with E-state index in [4.69, 9.17) is 0 Å². The number of unbranched alkanes of at least 4 members (excludes halogenated alkanes) is 1. The molecule has 0 bridgehead atoms. The van der Waals surface area contributed by atoms with Gasteiger partial charge in [-0.25, -0.2) is 0 Å². The van der Waals surface area contributed by atoms with Crippen LogP contribution < -0.4 is 0 Å². The van der Waals surface area contributed by atoms with Crippen molar-refractivity contribution in [3.05, 3.63) is 43.4 Å². The Hall–Kier alpha value is -0.780. The molecule has 0 aromatic carbocycles. The summed E-state index contributed by atoms with van der Waals surface area (Å²) in [4.78, 5) is 0. The number of hydrogen-bond donors (Lipinski definition) is 0. The van der Waals surface area contributed by atoms with Crippen molar-refractivity contribution in [2.24, 2.45) is 0 Å². The minimum atomic E-state index is 1.10. The van der Waals surface area contributed by atoms with Crippen LogP contribution in [-0.4, -0.2) is 0 Å². The SMILES string of the molecule is [CH2]C=CCCC=CC=CCC. The minimum absolute atomic E-state index is 1.10. The van der Waals surface area contributed by atoms with Crippen LogP contribution >= 0.6 is 0 Å². The third kappa shape index (κ3) is 9.22. The molecule has 0 heterocycles. The molecule has 0 nitrogen and oxygen atoms in total. The summed E-state index contributed by atoms with van der Waals surface area (Å²) in [5.74, 6) is 0. The van der Waals surface area contributed by atoms with Crippen LogP contribution in [0.2, 0.25) is 0 Å². The fourth-order valence-corrected chi connectivity index (χ4v) is 0.700. The average molecular weight is 149 g/mol. The minimum Gasteiger partial charge on any atom is -0.0882 e. The van der Waals surface area contributed by atoms with Crippen molar-refractivity contribution in [1.82, 2.24) is 0 Å². The molecule has 0 aromatic heterocycles. The first-order valence-electron chi connectivity index (χ1n) is 4.17. The van der Waals surface area contributed by atoms with Gasteiger partial charge in [0.15, 0.2) is 0 Å². The number of allylic oxidation sites excluding steroid dienone is 6. The molecule has 0 unspecified atom stereocenters. The second-order valence-electron chi connectivity index (χ2n) is 2.31. The summed E-state index contributed by atoms with van der Waals surface area (Å²) in [5, 5.41) is 0. The van der Waals surface area contributed by atoms with Crippen molar-refractivity contribution >= 4 is 0 Å². The standard InChI is InChI=1S/C11H17/c1-3-5-7-9-11-10-8-6-4-2/h3,5-6,8,10-11H,1,4,7,9H2,2H3. The molecule has 0 aliphatic heterocycles. The highest BCUT2D eigenvalue weighted by molar-refractivity contribution is 5.02. The third-order valence-corrected chi connectivity index (χ3v) is 1.29. The number of rotatable bonds is 5. The van der Waals surface area contributed by atoms with Gasteiger partial charge in [-0.15, -0.1) is 0 Å². The van der Waals surface area contributed by atoms with Gasteiger partial charge in [0.25, 0.3) is 0 Å². The van der Waals surface area contributed by atoms with E-state index in [1.165, 1.54) is 0 Å². The summed E-state index contributed by atoms with van der Waals surface area (Å²) in [6, 6.07) is 0. The molecule has 61 valence electrons. The fraction of sp³-hybridized carbons (Fsp3) is 0.364. The van der Waals surface area contributed by atoms with E-state index in [0.29, 0.717) is 0 Å². The van der Waals surface area contributed by atoms with Crippen LogP contribution in [-0.2, 0) is 0 Å². The Kier molecular flexibility index (Phi) is 8.57. The Labute approximate surface area is 70.3 Å². The molecular formula is C11H17. The topological polar surface area (TPSA) is 0 Å². The van der Waals surface area contributed by atoms with E-state index in [2.05, 4.69) is 44.2 Å². The molecule has 0 saturated carbocycles. The van der Waals surface area contributed by atoms with Gasteiger partial charge in [0, 0.05) is 0 Å². The molecule has 0 aromatic rings. The lowest BCUT2D eigenvalue weighted by Gasteiger charge is -1.83. The van der Waals surface area contributed by atoms with Gasteiger partial charge in [-0.05, 0) is 26.2 Å². The highest BCUT2D eigenvalue weighted by Gasteiger charge is 1.72. The lowest BCUT2D eigenvalue weighted by molar-refractivity contribution is 1.05. The molecule has 0 heteroatoms. The molecule has 0 N–H and O–H groups in total. The van der Waals surface area contributed by atoms with Crippen molar-refractivity contribution < 1.29 is 0 Å². The molecule has 0 atom stereocenters. The first-order valence-corrected chi connectivity index (χ1v) is 4.17. The van der Waals surface area contributed by atoms with Gasteiger partial charge in [0.2, 0.25) is 0 Å². The first kappa shape index (κ1) is 10.2. The Morgan fingerprint density at radius 3 is 2.27 bits per heavy atom. The predicted octanol–water partition coefficient (Wildman–Crippen LogP) is 3.68. The first-order chi connectivity index (χ1) is 5.41. The van der Waals surface area contributed by atoms with Gasteiger partial charge >= 0.3 is 0 Å². The van der Waals surface area contributed by atoms with Gasteiger partial charge in [0.05, 0.1) is 0 Å². The van der Waals surface area contributed by atoms with Crippen molar-refractivity contribution in [3.8, 4) is 0 Å². The van der Waals surface area contributed by atoms with E-state index in [9.17, 15) is 0 Å². The van der Waals surface area contributed by atoms with Gasteiger partial charge < -0.3 is 0 Å². The zero-order valence-electron chi connectivity index (χ0n) is 7.29. The van der Waals surface area contributed by atoms with Crippen molar-refractivity contribution in [3.63, 3.8) is 0 Å². The van der Waals surface area contributed by atoms with Gasteiger partial charge in [0.1, 0.15) is 0 Å². The van der Waals surface area contributed by atoms with Crippen molar-refractivity contribution in [2.45, 2.75) is 26.2 Å². The summed E-state index contributed by atoms with van der Waals surface area (Å²) in [7, 11) is 0. The molecule has 11 heavy (non-hydrogen) atoms. The molecule has 0 aliphatic carbocycles. The lowest BCUT2D eigenvalue weighted by atomic mass is 10.2. The highest BCUT2D eigenvalue weighted by Crippen LogP contribution is 1.92. The van der Waals surface area contributed by atoms with Crippen LogP contribution in [0.3, 0.4) is 0 Å². The quantitative estimate of drug-likeness (QED) is 0.413. The van der Waals surface area contributed by atoms with Crippen LogP contribution in [0.25, 0.3) is 0 Å². The smallest absolute Gasteiger partial charge is 0.0313 e. The molecular weight excluding hydrogens is 132 g/mol. The molecule has 0 spiro atoms. The summed E-state index contributed by atoms with van der Waals surface area (Å²) in [5.41, 5.74) is 0. The van der Waals surface area contributed by atoms with Crippen molar-refractivity contribution in [1.29, 1.82) is 0 Å². The van der Waals surface area contributed by atoms with Crippen LogP contribution in [0, 0.1) is 6.92 Å². The second-order valence-corrected chi connectivity index (χ2v) is 2.31. The molecule has 0 saturated heterocycles. The predicted molar refractivity (Wildman–Crippen MR) is 52.3 cm³/mol. The highest BCUT2D eigenvalue weighted by atomic mass is 13.8. The van der Waals surface area contributed by atoms with Crippen LogP contribution in [0.5, 0.6) is 0 Å². The Morgan fingerprint density at radius 1 is 1.00 bits per heavy atom. The monoisotopic (exact) mass is 149 g/mol. The lowest BCUT2D eigenvalue weighted by Crippen LogP contribution is -1.62. The number of hydrogen-bond acceptors (Lipinski definition) is 0. The summed E-state index contributed by atoms with van der Waals surface area (Å²) in [6.45, 7) is 5.75. The summed E-state index contributed by atoms with van der Waals surface area (Å²) < 4.78 is 0. The van der Waals surface area contributed by atoms with Crippen LogP contribution in [0.15, 0.2) is 36.5 Å². The van der Waals surface area contributed by atoms with E-state index >= 15 is 0 Å². The molecule has 1 radical (unpaired) electrons. The third-order valence-electron chi connectivity index (χ3n) is 1.29. The zero-order chi connectivity index (χ0) is 8.36. The Morgan fingerprint density at radius 2 is 1.64 bits per heavy atom. The molecule has 0 fully saturated rings. The maximum Gasteiger partial charge on any atom is -0.0313 e. The van der Waals surface area contributed by atoms with Gasteiger partial charge in [-0.3, -0.25) is 0 Å². The maximum atomic E-state index is 3.61. The fourth-order valence-electron chi connectivity index (χ4n) is 0.700. The molecule has 0 amide bonds. The van der Waals surface area contributed by atoms with E-state index in [0.717, 1.165) is 19.3 Å². The van der Waals surface area contributed by atoms with E-state index in [1.807, 2.05) is 6.08 Å². The van der Waals surface area contributed by atoms with Crippen LogP contribution in [0.4, 0.5) is 0 Å². The Balaban J connectivity index is 3.23. The second kappa shape index (κ2) is 9.22. The van der Waals surface area contributed by atoms with Gasteiger partial charge in [-0.2, -0.15) is 0 Å². The average Bonchev–Trinajstić information content (AvgIpc) is 2.03. The van der Waals surface area contributed by atoms with Crippen molar-refractivity contribution in [2.75, 3.05) is 0 Å². The van der Waals surface area contributed by atoms with E-state index < -0.39 is 0 Å². The Bertz CT molecular complexity index is 138. The summed E-state index contributed by atoms with van der Waals surface area (Å²) in [6.07, 6.45) is 15.8. The maximum absolute atomic E-state index is 3.61. The largest absolute Gasteiger partial charge is 0.0882 e. The van der Waals surface area contributed by atoms with Gasteiger partial charge in [-0.1, -0.05) is 43.4 Å². The van der Waals surface area contributed by atoms with Crippen LogP contribution in [0.1, 0.15) is 26.2 Å². The molecule has 0 aliphatic rings. The van der Waals surface area contributed by atoms with E-state index in [-0.39, 0.29) is 0 Å².